The van der Waals surface area contributed by atoms with E-state index >= 15 is 0 Å². The van der Waals surface area contributed by atoms with Gasteiger partial charge in [0, 0.05) is 44.8 Å². The van der Waals surface area contributed by atoms with Crippen LogP contribution in [0.15, 0.2) is 18.2 Å². The summed E-state index contributed by atoms with van der Waals surface area (Å²) in [6.07, 6.45) is 1.23. The average molecular weight is 290 g/mol. The number of hydrogen-bond acceptors (Lipinski definition) is 4. The van der Waals surface area contributed by atoms with E-state index in [4.69, 9.17) is 4.98 Å². The Balaban J connectivity index is 1.92. The van der Waals surface area contributed by atoms with Gasteiger partial charge >= 0.3 is 0 Å². The normalized spacial score (nSPS) is 18.2. The van der Waals surface area contributed by atoms with Gasteiger partial charge in [0.05, 0.1) is 5.69 Å². The van der Waals surface area contributed by atoms with Crippen molar-refractivity contribution in [1.82, 2.24) is 15.2 Å². The van der Waals surface area contributed by atoms with Crippen LogP contribution in [-0.4, -0.2) is 48.1 Å². The molecule has 21 heavy (non-hydrogen) atoms. The first-order valence-corrected chi connectivity index (χ1v) is 8.28. The molecule has 1 fully saturated rings. The second-order valence-corrected chi connectivity index (χ2v) is 6.30. The third-order valence-electron chi connectivity index (χ3n) is 4.34. The number of aromatic nitrogens is 1. The van der Waals surface area contributed by atoms with Gasteiger partial charge in [0.15, 0.2) is 0 Å². The number of piperazine rings is 1. The van der Waals surface area contributed by atoms with Crippen LogP contribution in [0.4, 0.5) is 5.82 Å². The molecule has 0 saturated carbocycles. The quantitative estimate of drug-likeness (QED) is 0.872. The fraction of sp³-hybridized carbons (Fsp3) is 0.706. The molecule has 1 aliphatic rings. The van der Waals surface area contributed by atoms with E-state index in [9.17, 15) is 0 Å². The van der Waals surface area contributed by atoms with Crippen LogP contribution in [0.25, 0.3) is 0 Å². The lowest BCUT2D eigenvalue weighted by atomic mass is 10.2. The van der Waals surface area contributed by atoms with E-state index in [-0.39, 0.29) is 0 Å². The van der Waals surface area contributed by atoms with Crippen molar-refractivity contribution in [2.24, 2.45) is 0 Å². The van der Waals surface area contributed by atoms with Crippen LogP contribution in [0, 0.1) is 0 Å². The molecule has 1 aliphatic heterocycles. The number of pyridine rings is 1. The van der Waals surface area contributed by atoms with E-state index in [2.05, 4.69) is 61.0 Å². The molecule has 4 heteroatoms. The summed E-state index contributed by atoms with van der Waals surface area (Å²) in [6, 6.07) is 7.56. The fourth-order valence-electron chi connectivity index (χ4n) is 2.70. The topological polar surface area (TPSA) is 31.4 Å². The van der Waals surface area contributed by atoms with E-state index in [0.717, 1.165) is 44.2 Å². The summed E-state index contributed by atoms with van der Waals surface area (Å²) in [4.78, 5) is 9.80. The number of rotatable bonds is 6. The highest BCUT2D eigenvalue weighted by Gasteiger charge is 2.20. The van der Waals surface area contributed by atoms with E-state index in [1.54, 1.807) is 0 Å². The summed E-state index contributed by atoms with van der Waals surface area (Å²) in [5.41, 5.74) is 1.13. The molecule has 1 saturated heterocycles. The smallest absolute Gasteiger partial charge is 0.128 e. The maximum absolute atomic E-state index is 4.80. The number of nitrogens with one attached hydrogen (secondary N) is 1. The van der Waals surface area contributed by atoms with Crippen molar-refractivity contribution in [1.29, 1.82) is 0 Å². The van der Waals surface area contributed by atoms with E-state index in [0.29, 0.717) is 12.1 Å². The van der Waals surface area contributed by atoms with Gasteiger partial charge in [-0.1, -0.05) is 26.8 Å². The number of anilines is 1. The van der Waals surface area contributed by atoms with E-state index < -0.39 is 0 Å². The molecule has 2 rings (SSSR count). The molecule has 1 unspecified atom stereocenters. The van der Waals surface area contributed by atoms with Crippen molar-refractivity contribution >= 4 is 5.82 Å². The van der Waals surface area contributed by atoms with Crippen LogP contribution in [0.5, 0.6) is 0 Å². The first-order chi connectivity index (χ1) is 10.1. The van der Waals surface area contributed by atoms with Crippen molar-refractivity contribution in [2.75, 3.05) is 31.1 Å². The predicted molar refractivity (Wildman–Crippen MR) is 89.8 cm³/mol. The number of nitrogens with zero attached hydrogens (tertiary/aromatic N) is 3. The zero-order valence-electron chi connectivity index (χ0n) is 14.0. The lowest BCUT2D eigenvalue weighted by Gasteiger charge is -2.38. The summed E-state index contributed by atoms with van der Waals surface area (Å²) in [7, 11) is 0. The summed E-state index contributed by atoms with van der Waals surface area (Å²) in [5, 5.41) is 3.43. The lowest BCUT2D eigenvalue weighted by molar-refractivity contribution is 0.192. The van der Waals surface area contributed by atoms with Crippen molar-refractivity contribution in [2.45, 2.75) is 52.7 Å². The molecule has 0 bridgehead atoms. The van der Waals surface area contributed by atoms with Gasteiger partial charge in [-0.15, -0.1) is 0 Å². The molecule has 0 spiro atoms. The van der Waals surface area contributed by atoms with Gasteiger partial charge in [0.25, 0.3) is 0 Å². The highest BCUT2D eigenvalue weighted by Crippen LogP contribution is 2.16. The molecular formula is C17H30N4. The molecule has 0 amide bonds. The minimum atomic E-state index is 0.495. The Morgan fingerprint density at radius 3 is 2.48 bits per heavy atom. The molecule has 0 aliphatic carbocycles. The maximum atomic E-state index is 4.80. The maximum Gasteiger partial charge on any atom is 0.128 e. The summed E-state index contributed by atoms with van der Waals surface area (Å²) < 4.78 is 0. The van der Waals surface area contributed by atoms with E-state index in [1.165, 1.54) is 6.42 Å². The molecule has 1 N–H and O–H groups in total. The second kappa shape index (κ2) is 7.76. The van der Waals surface area contributed by atoms with Gasteiger partial charge < -0.3 is 10.2 Å². The van der Waals surface area contributed by atoms with Gasteiger partial charge in [-0.3, -0.25) is 4.90 Å². The Hall–Kier alpha value is -1.13. The third kappa shape index (κ3) is 4.68. The Labute approximate surface area is 129 Å². The molecule has 1 aromatic heterocycles. The van der Waals surface area contributed by atoms with Crippen LogP contribution >= 0.6 is 0 Å². The standard InChI is InChI=1S/C17H30N4/c1-5-15(4)20-9-11-21(12-10-20)17-8-6-7-16(19-17)13-18-14(2)3/h6-8,14-15,18H,5,9-13H2,1-4H3. The van der Waals surface area contributed by atoms with Crippen LogP contribution in [0.1, 0.15) is 39.8 Å². The fourth-order valence-corrected chi connectivity index (χ4v) is 2.70. The van der Waals surface area contributed by atoms with Crippen LogP contribution in [0.3, 0.4) is 0 Å². The Bertz CT molecular complexity index is 425. The zero-order chi connectivity index (χ0) is 15.2. The Morgan fingerprint density at radius 2 is 1.86 bits per heavy atom. The van der Waals surface area contributed by atoms with Gasteiger partial charge in [-0.05, 0) is 25.5 Å². The molecule has 1 atom stereocenters. The van der Waals surface area contributed by atoms with Gasteiger partial charge in [-0.2, -0.15) is 0 Å². The van der Waals surface area contributed by atoms with Gasteiger partial charge in [-0.25, -0.2) is 4.98 Å². The summed E-state index contributed by atoms with van der Waals surface area (Å²) in [5.74, 6) is 1.13. The predicted octanol–water partition coefficient (Wildman–Crippen LogP) is 2.50. The molecule has 4 nitrogen and oxygen atoms in total. The Kier molecular flexibility index (Phi) is 6.00. The molecule has 1 aromatic rings. The minimum Gasteiger partial charge on any atom is -0.354 e. The van der Waals surface area contributed by atoms with Crippen LogP contribution in [0.2, 0.25) is 0 Å². The second-order valence-electron chi connectivity index (χ2n) is 6.30. The van der Waals surface area contributed by atoms with E-state index in [1.807, 2.05) is 0 Å². The van der Waals surface area contributed by atoms with Crippen molar-refractivity contribution in [3.8, 4) is 0 Å². The molecule has 118 valence electrons. The SMILES string of the molecule is CCC(C)N1CCN(c2cccc(CNC(C)C)n2)CC1. The average Bonchev–Trinajstić information content (AvgIpc) is 2.52. The molecular weight excluding hydrogens is 260 g/mol. The van der Waals surface area contributed by atoms with Gasteiger partial charge in [0.1, 0.15) is 5.82 Å². The monoisotopic (exact) mass is 290 g/mol. The first-order valence-electron chi connectivity index (χ1n) is 8.28. The first kappa shape index (κ1) is 16.2. The van der Waals surface area contributed by atoms with Crippen LogP contribution in [-0.2, 0) is 6.54 Å². The van der Waals surface area contributed by atoms with Crippen molar-refractivity contribution in [3.05, 3.63) is 23.9 Å². The minimum absolute atomic E-state index is 0.495. The highest BCUT2D eigenvalue weighted by atomic mass is 15.3. The third-order valence-corrected chi connectivity index (χ3v) is 4.34. The van der Waals surface area contributed by atoms with Crippen molar-refractivity contribution < 1.29 is 0 Å². The molecule has 0 radical (unpaired) electrons. The lowest BCUT2D eigenvalue weighted by Crippen LogP contribution is -2.49. The number of hydrogen-bond donors (Lipinski definition) is 1. The highest BCUT2D eigenvalue weighted by molar-refractivity contribution is 5.39. The largest absolute Gasteiger partial charge is 0.354 e. The summed E-state index contributed by atoms with van der Waals surface area (Å²) >= 11 is 0. The van der Waals surface area contributed by atoms with Gasteiger partial charge in [0.2, 0.25) is 0 Å². The Morgan fingerprint density at radius 1 is 1.14 bits per heavy atom. The van der Waals surface area contributed by atoms with Crippen LogP contribution < -0.4 is 10.2 Å². The summed E-state index contributed by atoms with van der Waals surface area (Å²) in [6.45, 7) is 14.2. The molecule has 0 aromatic carbocycles. The van der Waals surface area contributed by atoms with Crippen molar-refractivity contribution in [3.63, 3.8) is 0 Å². The zero-order valence-corrected chi connectivity index (χ0v) is 14.0. The molecule has 2 heterocycles.